The number of nitrogens with two attached hydrogens (primary N) is 1. The van der Waals surface area contributed by atoms with Crippen LogP contribution in [0.2, 0.25) is 0 Å². The Morgan fingerprint density at radius 3 is 2.65 bits per heavy atom. The molecule has 3 heterocycles. The van der Waals surface area contributed by atoms with Crippen LogP contribution in [0.25, 0.3) is 5.52 Å². The Labute approximate surface area is 263 Å². The van der Waals surface area contributed by atoms with Gasteiger partial charge in [0.05, 0.1) is 12.2 Å². The number of halogens is 2. The second-order valence-electron chi connectivity index (χ2n) is 10.7. The summed E-state index contributed by atoms with van der Waals surface area (Å²) < 4.78 is 66.2. The van der Waals surface area contributed by atoms with Crippen molar-refractivity contribution in [1.82, 2.24) is 24.6 Å². The van der Waals surface area contributed by atoms with E-state index in [4.69, 9.17) is 24.3 Å². The molecule has 1 saturated heterocycles. The lowest BCUT2D eigenvalue weighted by molar-refractivity contribution is -0.189. The van der Waals surface area contributed by atoms with E-state index in [2.05, 4.69) is 15.2 Å². The molecule has 18 heteroatoms. The summed E-state index contributed by atoms with van der Waals surface area (Å²) >= 11 is 0. The fraction of sp³-hybridized carbons (Fsp3) is 0.500. The first-order valence-corrected chi connectivity index (χ1v) is 15.8. The number of para-hydroxylation sites is 1. The van der Waals surface area contributed by atoms with Crippen LogP contribution in [0.5, 0.6) is 5.75 Å². The lowest BCUT2D eigenvalue weighted by atomic mass is 9.93. The number of nitrogen functional groups attached to an aromatic ring is 1. The molecule has 6 atom stereocenters. The summed E-state index contributed by atoms with van der Waals surface area (Å²) in [5.41, 5.74) is 3.82. The second-order valence-corrected chi connectivity index (χ2v) is 12.4. The maximum Gasteiger partial charge on any atom is 0.459 e. The van der Waals surface area contributed by atoms with Gasteiger partial charge in [0.15, 0.2) is 11.9 Å². The van der Waals surface area contributed by atoms with E-state index in [0.717, 1.165) is 13.4 Å². The molecule has 0 spiro atoms. The topological polar surface area (TPSA) is 207 Å². The molecule has 0 amide bonds. The summed E-state index contributed by atoms with van der Waals surface area (Å²) in [5, 5.41) is 38.7. The predicted molar refractivity (Wildman–Crippen MR) is 159 cm³/mol. The SMILES string of the molecule is CCN1CCC(OC(=O)[C@H](C)NP(=O)(OC[C@@](C#N)(OC)[C@@H](O)[C@@H](O)c2ccc3c(N)ncnn23)Oc2ccccc2)C(F)(F)C1. The van der Waals surface area contributed by atoms with Gasteiger partial charge in [-0.3, -0.25) is 14.2 Å². The Bertz CT molecular complexity index is 1590. The Morgan fingerprint density at radius 1 is 1.30 bits per heavy atom. The van der Waals surface area contributed by atoms with Crippen molar-refractivity contribution in [2.45, 2.75) is 56.1 Å². The fourth-order valence-electron chi connectivity index (χ4n) is 4.85. The van der Waals surface area contributed by atoms with Crippen LogP contribution in [0, 0.1) is 11.3 Å². The van der Waals surface area contributed by atoms with Gasteiger partial charge < -0.3 is 29.9 Å². The standard InChI is InChI=1S/C28H36F2N7O8P/c1-4-36-13-12-22(28(29,30)15-36)44-26(40)18(2)35-46(41,45-19-8-6-5-7-9-19)43-16-27(14-31,42-3)24(39)23(38)20-10-11-21-25(32)33-17-34-37(20)21/h5-11,17-18,22-24,38-39H,4,12-13,15-16H2,1-3H3,(H,35,41)(H2,32,33,34)/t18-,22?,23-,24-,27+,46?/m0/s1. The van der Waals surface area contributed by atoms with Crippen molar-refractivity contribution in [3.8, 4) is 11.8 Å². The fourth-order valence-corrected chi connectivity index (χ4v) is 6.37. The molecule has 1 aliphatic rings. The summed E-state index contributed by atoms with van der Waals surface area (Å²) in [7, 11) is -3.61. The maximum absolute atomic E-state index is 14.7. The largest absolute Gasteiger partial charge is 0.459 e. The van der Waals surface area contributed by atoms with Gasteiger partial charge in [-0.25, -0.2) is 22.8 Å². The maximum atomic E-state index is 14.7. The number of carbonyl (C=O) groups excluding carboxylic acids is 1. The molecular weight excluding hydrogens is 631 g/mol. The average molecular weight is 668 g/mol. The third-order valence-corrected chi connectivity index (χ3v) is 9.21. The van der Waals surface area contributed by atoms with E-state index < -0.39 is 62.7 Å². The molecule has 0 radical (unpaired) electrons. The number of carbonyl (C=O) groups is 1. The van der Waals surface area contributed by atoms with E-state index in [-0.39, 0.29) is 23.7 Å². The number of benzene rings is 1. The quantitative estimate of drug-likeness (QED) is 0.143. The van der Waals surface area contributed by atoms with Gasteiger partial charge in [-0.15, -0.1) is 0 Å². The third kappa shape index (κ3) is 7.61. The van der Waals surface area contributed by atoms with Crippen LogP contribution in [0.4, 0.5) is 14.6 Å². The Balaban J connectivity index is 1.54. The van der Waals surface area contributed by atoms with Gasteiger partial charge in [0.25, 0.3) is 5.92 Å². The molecule has 1 aromatic carbocycles. The molecule has 3 aromatic rings. The normalized spacial score (nSPS) is 21.3. The van der Waals surface area contributed by atoms with Crippen LogP contribution in [0.1, 0.15) is 32.1 Å². The summed E-state index contributed by atoms with van der Waals surface area (Å²) in [6.45, 7) is 2.12. The number of nitriles is 1. The molecule has 2 aromatic heterocycles. The minimum absolute atomic E-state index is 0.0213. The molecular formula is C28H36F2N7O8P. The van der Waals surface area contributed by atoms with E-state index in [1.165, 1.54) is 40.6 Å². The monoisotopic (exact) mass is 667 g/mol. The number of fused-ring (bicyclic) bond motifs is 1. The van der Waals surface area contributed by atoms with Crippen LogP contribution < -0.4 is 15.3 Å². The summed E-state index contributed by atoms with van der Waals surface area (Å²) in [6, 6.07) is 10.8. The van der Waals surface area contributed by atoms with Gasteiger partial charge in [0.1, 0.15) is 48.5 Å². The minimum Gasteiger partial charge on any atom is -0.455 e. The van der Waals surface area contributed by atoms with Crippen molar-refractivity contribution in [3.05, 3.63) is 54.5 Å². The van der Waals surface area contributed by atoms with Crippen LogP contribution in [0.3, 0.4) is 0 Å². The van der Waals surface area contributed by atoms with Crippen molar-refractivity contribution < 1.29 is 46.9 Å². The number of anilines is 1. The van der Waals surface area contributed by atoms with E-state index in [1.54, 1.807) is 31.2 Å². The van der Waals surface area contributed by atoms with Gasteiger partial charge >= 0.3 is 13.7 Å². The van der Waals surface area contributed by atoms with Crippen LogP contribution >= 0.6 is 7.75 Å². The zero-order valence-electron chi connectivity index (χ0n) is 25.3. The molecule has 0 bridgehead atoms. The summed E-state index contributed by atoms with van der Waals surface area (Å²) in [6.07, 6.45) is -4.52. The number of aliphatic hydroxyl groups is 2. The lowest BCUT2D eigenvalue weighted by Crippen LogP contribution is -2.54. The molecule has 1 aliphatic heterocycles. The minimum atomic E-state index is -4.66. The molecule has 1 fully saturated rings. The molecule has 5 N–H and O–H groups in total. The lowest BCUT2D eigenvalue weighted by Gasteiger charge is -2.37. The number of aromatic nitrogens is 3. The summed E-state index contributed by atoms with van der Waals surface area (Å²) in [4.78, 5) is 18.3. The molecule has 2 unspecified atom stereocenters. The van der Waals surface area contributed by atoms with Crippen LogP contribution in [-0.2, 0) is 23.4 Å². The Morgan fingerprint density at radius 2 is 2.02 bits per heavy atom. The van der Waals surface area contributed by atoms with Crippen molar-refractivity contribution in [1.29, 1.82) is 5.26 Å². The average Bonchev–Trinajstić information content (AvgIpc) is 3.48. The highest BCUT2D eigenvalue weighted by molar-refractivity contribution is 7.52. The predicted octanol–water partition coefficient (Wildman–Crippen LogP) is 2.07. The number of esters is 1. The zero-order chi connectivity index (χ0) is 33.7. The number of aliphatic hydroxyl groups excluding tert-OH is 2. The number of rotatable bonds is 14. The highest BCUT2D eigenvalue weighted by atomic mass is 31.2. The van der Waals surface area contributed by atoms with Crippen molar-refractivity contribution in [3.63, 3.8) is 0 Å². The van der Waals surface area contributed by atoms with Gasteiger partial charge in [-0.2, -0.15) is 15.4 Å². The molecule has 15 nitrogen and oxygen atoms in total. The van der Waals surface area contributed by atoms with Gasteiger partial charge in [-0.05, 0) is 37.7 Å². The highest BCUT2D eigenvalue weighted by Crippen LogP contribution is 2.46. The van der Waals surface area contributed by atoms with Crippen molar-refractivity contribution in [2.75, 3.05) is 39.1 Å². The number of hydrogen-bond donors (Lipinski definition) is 4. The van der Waals surface area contributed by atoms with Crippen LogP contribution in [-0.4, -0.2) is 98.8 Å². The van der Waals surface area contributed by atoms with Crippen LogP contribution in [0.15, 0.2) is 48.8 Å². The number of methoxy groups -OCH3 is 1. The number of hydrogen-bond acceptors (Lipinski definition) is 13. The van der Waals surface area contributed by atoms with Crippen molar-refractivity contribution >= 4 is 25.1 Å². The Hall–Kier alpha value is -3.75. The van der Waals surface area contributed by atoms with E-state index in [0.29, 0.717) is 18.6 Å². The molecule has 46 heavy (non-hydrogen) atoms. The number of piperidine rings is 1. The van der Waals surface area contributed by atoms with Gasteiger partial charge in [0.2, 0.25) is 5.60 Å². The zero-order valence-corrected chi connectivity index (χ0v) is 26.2. The molecule has 0 aliphatic carbocycles. The Kier molecular flexibility index (Phi) is 11.0. The van der Waals surface area contributed by atoms with Gasteiger partial charge in [-0.1, -0.05) is 25.1 Å². The van der Waals surface area contributed by atoms with Gasteiger partial charge in [0, 0.05) is 20.1 Å². The number of alkyl halides is 2. The number of likely N-dealkylation sites (tertiary alicyclic amines) is 1. The third-order valence-electron chi connectivity index (χ3n) is 7.59. The van der Waals surface area contributed by atoms with Crippen molar-refractivity contribution in [2.24, 2.45) is 0 Å². The van der Waals surface area contributed by atoms with E-state index in [9.17, 15) is 33.6 Å². The smallest absolute Gasteiger partial charge is 0.455 e. The first kappa shape index (κ1) is 35.1. The number of nitrogens with zero attached hydrogens (tertiary/aromatic N) is 5. The first-order chi connectivity index (χ1) is 21.8. The molecule has 4 rings (SSSR count). The number of nitrogens with one attached hydrogen (secondary N) is 1. The molecule has 0 saturated carbocycles. The summed E-state index contributed by atoms with van der Waals surface area (Å²) in [5.74, 6) is -4.34. The number of ether oxygens (including phenoxy) is 2. The highest BCUT2D eigenvalue weighted by Gasteiger charge is 2.49. The second kappa shape index (κ2) is 14.3. The van der Waals surface area contributed by atoms with E-state index in [1.807, 2.05) is 0 Å². The van der Waals surface area contributed by atoms with E-state index >= 15 is 0 Å². The first-order valence-electron chi connectivity index (χ1n) is 14.3. The molecule has 250 valence electrons.